The van der Waals surface area contributed by atoms with Crippen LogP contribution in [0.5, 0.6) is 0 Å². The second-order valence-corrected chi connectivity index (χ2v) is 7.60. The van der Waals surface area contributed by atoms with Crippen LogP contribution < -0.4 is 5.32 Å². The summed E-state index contributed by atoms with van der Waals surface area (Å²) in [5.41, 5.74) is 4.32. The predicted molar refractivity (Wildman–Crippen MR) is 101 cm³/mol. The van der Waals surface area contributed by atoms with Gasteiger partial charge in [-0.15, -0.1) is 0 Å². The van der Waals surface area contributed by atoms with E-state index in [0.29, 0.717) is 11.5 Å². The first kappa shape index (κ1) is 16.4. The van der Waals surface area contributed by atoms with Crippen molar-refractivity contribution in [3.05, 3.63) is 41.2 Å². The zero-order valence-electron chi connectivity index (χ0n) is 15.1. The molecule has 1 unspecified atom stereocenters. The lowest BCUT2D eigenvalue weighted by molar-refractivity contribution is 0.0954. The summed E-state index contributed by atoms with van der Waals surface area (Å²) in [6.07, 6.45) is 10.6. The van der Waals surface area contributed by atoms with Gasteiger partial charge in [-0.05, 0) is 62.6 Å². The molecule has 0 bridgehead atoms. The molecule has 0 saturated heterocycles. The fraction of sp³-hybridized carbons (Fsp3) is 0.524. The first-order valence-corrected chi connectivity index (χ1v) is 9.66. The number of amides is 1. The van der Waals surface area contributed by atoms with E-state index in [1.165, 1.54) is 37.7 Å². The monoisotopic (exact) mass is 337 g/mol. The number of benzene rings is 1. The van der Waals surface area contributed by atoms with Crippen molar-refractivity contribution >= 4 is 16.9 Å². The van der Waals surface area contributed by atoms with Crippen LogP contribution in [0.4, 0.5) is 0 Å². The van der Waals surface area contributed by atoms with Gasteiger partial charge in [0.2, 0.25) is 0 Å². The standard InChI is InChI=1S/C21H27N3O/c1-15-10-12-24-19-8-7-17(14-18(19)23-20(24)13-15)21(25)22-11-9-16-5-3-2-4-6-16/h5,7-8,14-15H,2-4,6,9-13H2,1H3,(H,22,25). The van der Waals surface area contributed by atoms with Crippen LogP contribution in [0.15, 0.2) is 29.8 Å². The van der Waals surface area contributed by atoms with Gasteiger partial charge in [-0.25, -0.2) is 4.98 Å². The maximum Gasteiger partial charge on any atom is 0.251 e. The van der Waals surface area contributed by atoms with Crippen LogP contribution in [0.1, 0.15) is 61.6 Å². The lowest BCUT2D eigenvalue weighted by atomic mass is 9.97. The van der Waals surface area contributed by atoms with Crippen LogP contribution in [0.25, 0.3) is 11.0 Å². The third-order valence-electron chi connectivity index (χ3n) is 5.58. The Morgan fingerprint density at radius 3 is 3.12 bits per heavy atom. The first-order valence-electron chi connectivity index (χ1n) is 9.66. The van der Waals surface area contributed by atoms with Gasteiger partial charge in [-0.3, -0.25) is 4.79 Å². The number of nitrogens with zero attached hydrogens (tertiary/aromatic N) is 2. The summed E-state index contributed by atoms with van der Waals surface area (Å²) in [7, 11) is 0. The van der Waals surface area contributed by atoms with Gasteiger partial charge in [-0.2, -0.15) is 0 Å². The highest BCUT2D eigenvalue weighted by Crippen LogP contribution is 2.26. The predicted octanol–water partition coefficient (Wildman–Crippen LogP) is 4.24. The van der Waals surface area contributed by atoms with E-state index < -0.39 is 0 Å². The highest BCUT2D eigenvalue weighted by molar-refractivity contribution is 5.97. The van der Waals surface area contributed by atoms with Gasteiger partial charge >= 0.3 is 0 Å². The Morgan fingerprint density at radius 2 is 2.28 bits per heavy atom. The van der Waals surface area contributed by atoms with Crippen LogP contribution >= 0.6 is 0 Å². The highest BCUT2D eigenvalue weighted by Gasteiger charge is 2.19. The van der Waals surface area contributed by atoms with Gasteiger partial charge < -0.3 is 9.88 Å². The summed E-state index contributed by atoms with van der Waals surface area (Å²) in [5, 5.41) is 3.07. The molecule has 25 heavy (non-hydrogen) atoms. The molecule has 1 N–H and O–H groups in total. The van der Waals surface area contributed by atoms with E-state index in [1.807, 2.05) is 12.1 Å². The van der Waals surface area contributed by atoms with E-state index in [0.717, 1.165) is 42.8 Å². The van der Waals surface area contributed by atoms with Crippen molar-refractivity contribution in [3.63, 3.8) is 0 Å². The number of allylic oxidation sites excluding steroid dienone is 1. The van der Waals surface area contributed by atoms with Crippen LogP contribution in [0.2, 0.25) is 0 Å². The summed E-state index contributed by atoms with van der Waals surface area (Å²) in [5.74, 6) is 1.87. The molecule has 2 aliphatic rings. The minimum absolute atomic E-state index is 0.0117. The topological polar surface area (TPSA) is 46.9 Å². The number of hydrogen-bond acceptors (Lipinski definition) is 2. The Balaban J connectivity index is 1.44. The third kappa shape index (κ3) is 3.48. The van der Waals surface area contributed by atoms with Crippen LogP contribution in [0.3, 0.4) is 0 Å². The molecular formula is C21H27N3O. The number of carbonyl (C=O) groups excluding carboxylic acids is 1. The van der Waals surface area contributed by atoms with Gasteiger partial charge in [0.1, 0.15) is 5.82 Å². The number of carbonyl (C=O) groups is 1. The quantitative estimate of drug-likeness (QED) is 0.848. The number of nitrogens with one attached hydrogen (secondary N) is 1. The number of aromatic nitrogens is 2. The summed E-state index contributed by atoms with van der Waals surface area (Å²) in [6, 6.07) is 5.94. The molecule has 2 aromatic rings. The van der Waals surface area contributed by atoms with E-state index in [4.69, 9.17) is 4.98 Å². The SMILES string of the molecule is CC1CCn2c(nc3cc(C(=O)NCCC4=CCCCC4)ccc32)C1. The molecule has 0 saturated carbocycles. The molecule has 1 aliphatic heterocycles. The number of imidazole rings is 1. The van der Waals surface area contributed by atoms with Crippen molar-refractivity contribution in [1.29, 1.82) is 0 Å². The van der Waals surface area contributed by atoms with Crippen LogP contribution in [-0.4, -0.2) is 22.0 Å². The largest absolute Gasteiger partial charge is 0.352 e. The van der Waals surface area contributed by atoms with E-state index in [-0.39, 0.29) is 5.91 Å². The van der Waals surface area contributed by atoms with Crippen molar-refractivity contribution in [3.8, 4) is 0 Å². The fourth-order valence-electron chi connectivity index (χ4n) is 4.06. The smallest absolute Gasteiger partial charge is 0.251 e. The molecule has 1 aromatic carbocycles. The minimum Gasteiger partial charge on any atom is -0.352 e. The van der Waals surface area contributed by atoms with E-state index in [1.54, 1.807) is 0 Å². The number of aryl methyl sites for hydroxylation is 1. The zero-order valence-corrected chi connectivity index (χ0v) is 15.1. The van der Waals surface area contributed by atoms with Gasteiger partial charge in [0.25, 0.3) is 5.91 Å². The molecular weight excluding hydrogens is 310 g/mol. The fourth-order valence-corrected chi connectivity index (χ4v) is 4.06. The van der Waals surface area contributed by atoms with E-state index in [2.05, 4.69) is 29.0 Å². The second kappa shape index (κ2) is 7.03. The molecule has 2 heterocycles. The van der Waals surface area contributed by atoms with E-state index >= 15 is 0 Å². The Kier molecular flexibility index (Phi) is 4.60. The molecule has 1 aromatic heterocycles. The molecule has 1 aliphatic carbocycles. The molecule has 0 spiro atoms. The Morgan fingerprint density at radius 1 is 1.36 bits per heavy atom. The highest BCUT2D eigenvalue weighted by atomic mass is 16.1. The second-order valence-electron chi connectivity index (χ2n) is 7.60. The normalized spacial score (nSPS) is 20.2. The zero-order chi connectivity index (χ0) is 17.2. The number of hydrogen-bond donors (Lipinski definition) is 1. The maximum absolute atomic E-state index is 12.5. The van der Waals surface area contributed by atoms with Gasteiger partial charge in [-0.1, -0.05) is 18.6 Å². The molecule has 4 rings (SSSR count). The minimum atomic E-state index is 0.0117. The Bertz CT molecular complexity index is 818. The van der Waals surface area contributed by atoms with Crippen molar-refractivity contribution in [2.24, 2.45) is 5.92 Å². The van der Waals surface area contributed by atoms with Gasteiger partial charge in [0.15, 0.2) is 0 Å². The molecule has 1 amide bonds. The molecule has 132 valence electrons. The van der Waals surface area contributed by atoms with Crippen molar-refractivity contribution < 1.29 is 4.79 Å². The maximum atomic E-state index is 12.5. The van der Waals surface area contributed by atoms with Crippen LogP contribution in [0, 0.1) is 5.92 Å². The summed E-state index contributed by atoms with van der Waals surface area (Å²) < 4.78 is 2.31. The van der Waals surface area contributed by atoms with Crippen molar-refractivity contribution in [2.45, 2.75) is 58.4 Å². The molecule has 4 heteroatoms. The summed E-state index contributed by atoms with van der Waals surface area (Å²) >= 11 is 0. The summed E-state index contributed by atoms with van der Waals surface area (Å²) in [4.78, 5) is 17.2. The van der Waals surface area contributed by atoms with Crippen molar-refractivity contribution in [2.75, 3.05) is 6.54 Å². The Labute approximate surface area is 149 Å². The lowest BCUT2D eigenvalue weighted by Crippen LogP contribution is -2.24. The lowest BCUT2D eigenvalue weighted by Gasteiger charge is -2.20. The first-order chi connectivity index (χ1) is 12.2. The molecule has 0 radical (unpaired) electrons. The van der Waals surface area contributed by atoms with E-state index in [9.17, 15) is 4.79 Å². The number of rotatable bonds is 4. The third-order valence-corrected chi connectivity index (χ3v) is 5.58. The van der Waals surface area contributed by atoms with Crippen molar-refractivity contribution in [1.82, 2.24) is 14.9 Å². The average Bonchev–Trinajstić information content (AvgIpc) is 2.99. The molecule has 0 fully saturated rings. The van der Waals surface area contributed by atoms with Gasteiger partial charge in [0, 0.05) is 25.1 Å². The molecule has 1 atom stereocenters. The Hall–Kier alpha value is -2.10. The average molecular weight is 337 g/mol. The summed E-state index contributed by atoms with van der Waals surface area (Å²) in [6.45, 7) is 4.04. The molecule has 4 nitrogen and oxygen atoms in total. The van der Waals surface area contributed by atoms with Gasteiger partial charge in [0.05, 0.1) is 11.0 Å². The van der Waals surface area contributed by atoms with Crippen LogP contribution in [-0.2, 0) is 13.0 Å². The number of fused-ring (bicyclic) bond motifs is 3.